The highest BCUT2D eigenvalue weighted by atomic mass is 79.9. The lowest BCUT2D eigenvalue weighted by atomic mass is 10.1. The van der Waals surface area contributed by atoms with Crippen molar-refractivity contribution in [2.75, 3.05) is 13.7 Å². The third-order valence-corrected chi connectivity index (χ3v) is 6.03. The van der Waals surface area contributed by atoms with Gasteiger partial charge in [0.2, 0.25) is 0 Å². The maximum Gasteiger partial charge on any atom is 0.251 e. The summed E-state index contributed by atoms with van der Waals surface area (Å²) in [4.78, 5) is 17.3. The van der Waals surface area contributed by atoms with Crippen molar-refractivity contribution in [2.24, 2.45) is 0 Å². The minimum absolute atomic E-state index is 0.0895. The second-order valence-corrected chi connectivity index (χ2v) is 8.93. The Labute approximate surface area is 208 Å². The minimum Gasteiger partial charge on any atom is -0.497 e. The molecule has 1 N–H and O–H groups in total. The van der Waals surface area contributed by atoms with E-state index >= 15 is 0 Å². The van der Waals surface area contributed by atoms with Crippen LogP contribution in [0.3, 0.4) is 0 Å². The zero-order chi connectivity index (χ0) is 23.9. The van der Waals surface area contributed by atoms with Crippen LogP contribution in [0.2, 0.25) is 0 Å². The molecule has 6 nitrogen and oxygen atoms in total. The van der Waals surface area contributed by atoms with E-state index in [1.54, 1.807) is 11.8 Å². The first-order valence-corrected chi connectivity index (χ1v) is 12.0. The quantitative estimate of drug-likeness (QED) is 0.285. The van der Waals surface area contributed by atoms with Gasteiger partial charge < -0.3 is 10.1 Å². The van der Waals surface area contributed by atoms with E-state index in [0.717, 1.165) is 40.7 Å². The lowest BCUT2D eigenvalue weighted by Gasteiger charge is -2.09. The summed E-state index contributed by atoms with van der Waals surface area (Å²) in [5.41, 5.74) is 3.61. The summed E-state index contributed by atoms with van der Waals surface area (Å²) in [5, 5.41) is 7.59. The van der Waals surface area contributed by atoms with Crippen LogP contribution >= 0.6 is 15.9 Å². The van der Waals surface area contributed by atoms with Crippen molar-refractivity contribution in [2.45, 2.75) is 26.2 Å². The summed E-state index contributed by atoms with van der Waals surface area (Å²) < 4.78 is 8.11. The number of nitrogens with one attached hydrogen (secondary N) is 1. The van der Waals surface area contributed by atoms with Crippen LogP contribution in [-0.2, 0) is 6.42 Å². The number of benzene rings is 3. The van der Waals surface area contributed by atoms with Crippen molar-refractivity contribution in [1.82, 2.24) is 20.1 Å². The van der Waals surface area contributed by atoms with Crippen molar-refractivity contribution in [3.8, 4) is 22.8 Å². The molecule has 0 aliphatic carbocycles. The molecule has 1 aromatic heterocycles. The average Bonchev–Trinajstić information content (AvgIpc) is 3.26. The fraction of sp³-hybridized carbons (Fsp3) is 0.222. The summed E-state index contributed by atoms with van der Waals surface area (Å²) in [6, 6.07) is 23.5. The van der Waals surface area contributed by atoms with Crippen LogP contribution in [0.5, 0.6) is 5.75 Å². The number of aromatic nitrogens is 3. The molecule has 4 aromatic rings. The third-order valence-electron chi connectivity index (χ3n) is 5.51. The van der Waals surface area contributed by atoms with E-state index in [4.69, 9.17) is 4.74 Å². The number of hydrogen-bond acceptors (Lipinski definition) is 4. The number of ether oxygens (including phenoxy) is 1. The molecule has 0 bridgehead atoms. The maximum absolute atomic E-state index is 12.8. The molecule has 34 heavy (non-hydrogen) atoms. The number of unbranched alkanes of at least 4 members (excludes halogenated alkanes) is 1. The van der Waals surface area contributed by atoms with Crippen LogP contribution in [0.25, 0.3) is 17.1 Å². The topological polar surface area (TPSA) is 69.0 Å². The molecule has 0 saturated heterocycles. The molecule has 0 aliphatic rings. The van der Waals surface area contributed by atoms with E-state index in [9.17, 15) is 4.79 Å². The zero-order valence-corrected chi connectivity index (χ0v) is 20.9. The smallest absolute Gasteiger partial charge is 0.251 e. The monoisotopic (exact) mass is 518 g/mol. The van der Waals surface area contributed by atoms with Crippen molar-refractivity contribution in [3.63, 3.8) is 0 Å². The first kappa shape index (κ1) is 23.7. The van der Waals surface area contributed by atoms with Gasteiger partial charge in [0, 0.05) is 22.1 Å². The number of aryl methyl sites for hydroxylation is 2. The highest BCUT2D eigenvalue weighted by Gasteiger charge is 2.14. The molecular weight excluding hydrogens is 492 g/mol. The Balaban J connectivity index is 1.40. The number of amides is 1. The Kier molecular flexibility index (Phi) is 7.75. The van der Waals surface area contributed by atoms with Gasteiger partial charge >= 0.3 is 0 Å². The van der Waals surface area contributed by atoms with E-state index in [-0.39, 0.29) is 5.91 Å². The summed E-state index contributed by atoms with van der Waals surface area (Å²) in [5.74, 6) is 2.06. The summed E-state index contributed by atoms with van der Waals surface area (Å²) >= 11 is 3.46. The molecule has 0 radical (unpaired) electrons. The van der Waals surface area contributed by atoms with Crippen molar-refractivity contribution in [1.29, 1.82) is 0 Å². The fourth-order valence-corrected chi connectivity index (χ4v) is 3.97. The molecule has 0 aliphatic heterocycles. The Morgan fingerprint density at radius 2 is 1.79 bits per heavy atom. The lowest BCUT2D eigenvalue weighted by Crippen LogP contribution is -2.24. The van der Waals surface area contributed by atoms with Crippen LogP contribution in [0, 0.1) is 6.92 Å². The van der Waals surface area contributed by atoms with Gasteiger partial charge in [0.05, 0.1) is 12.8 Å². The van der Waals surface area contributed by atoms with Gasteiger partial charge in [-0.1, -0.05) is 34.1 Å². The predicted molar refractivity (Wildman–Crippen MR) is 137 cm³/mol. The Morgan fingerprint density at radius 3 is 2.53 bits per heavy atom. The number of rotatable bonds is 9. The second-order valence-electron chi connectivity index (χ2n) is 8.01. The van der Waals surface area contributed by atoms with Gasteiger partial charge in [-0.2, -0.15) is 5.10 Å². The molecule has 1 amide bonds. The Bertz CT molecular complexity index is 1250. The van der Waals surface area contributed by atoms with Gasteiger partial charge in [-0.25, -0.2) is 9.67 Å². The Hall–Kier alpha value is -3.45. The molecule has 0 saturated carbocycles. The largest absolute Gasteiger partial charge is 0.497 e. The molecule has 0 atom stereocenters. The highest BCUT2D eigenvalue weighted by Crippen LogP contribution is 2.24. The van der Waals surface area contributed by atoms with Gasteiger partial charge in [-0.3, -0.25) is 4.79 Å². The molecule has 0 unspecified atom stereocenters. The first-order chi connectivity index (χ1) is 16.5. The Morgan fingerprint density at radius 1 is 1.03 bits per heavy atom. The molecule has 7 heteroatoms. The van der Waals surface area contributed by atoms with Crippen molar-refractivity contribution in [3.05, 3.63) is 94.2 Å². The van der Waals surface area contributed by atoms with Crippen LogP contribution in [-0.4, -0.2) is 34.3 Å². The first-order valence-electron chi connectivity index (χ1n) is 11.2. The second kappa shape index (κ2) is 11.1. The molecule has 3 aromatic carbocycles. The van der Waals surface area contributed by atoms with Crippen LogP contribution < -0.4 is 10.1 Å². The molecule has 174 valence electrons. The molecule has 1 heterocycles. The van der Waals surface area contributed by atoms with Crippen LogP contribution in [0.15, 0.2) is 77.3 Å². The average molecular weight is 519 g/mol. The third kappa shape index (κ3) is 5.91. The van der Waals surface area contributed by atoms with Crippen LogP contribution in [0.1, 0.15) is 34.6 Å². The summed E-state index contributed by atoms with van der Waals surface area (Å²) in [6.07, 6.45) is 2.94. The van der Waals surface area contributed by atoms with E-state index < -0.39 is 0 Å². The van der Waals surface area contributed by atoms with Gasteiger partial charge in [0.1, 0.15) is 11.6 Å². The van der Waals surface area contributed by atoms with E-state index in [1.807, 2.05) is 55.5 Å². The van der Waals surface area contributed by atoms with Crippen molar-refractivity contribution >= 4 is 21.8 Å². The fourth-order valence-electron chi connectivity index (χ4n) is 3.71. The molecule has 4 rings (SSSR count). The minimum atomic E-state index is -0.0895. The van der Waals surface area contributed by atoms with E-state index in [0.29, 0.717) is 23.8 Å². The number of hydrogen-bond donors (Lipinski definition) is 1. The predicted octanol–water partition coefficient (Wildman–Crippen LogP) is 5.77. The molecule has 0 spiro atoms. The standard InChI is InChI=1S/C27H27BrN4O2/c1-19-30-26(21-11-15-25(34-2)16-12-21)32(31-19)24-8-5-7-22(18-24)27(33)29-17-4-3-6-20-9-13-23(28)14-10-20/h5,7-16,18H,3-4,6,17H2,1-2H3,(H,29,33). The van der Waals surface area contributed by atoms with Crippen molar-refractivity contribution < 1.29 is 9.53 Å². The van der Waals surface area contributed by atoms with Gasteiger partial charge in [-0.15, -0.1) is 0 Å². The number of carbonyl (C=O) groups is 1. The highest BCUT2D eigenvalue weighted by molar-refractivity contribution is 9.10. The molecular formula is C27H27BrN4O2. The zero-order valence-electron chi connectivity index (χ0n) is 19.3. The van der Waals surface area contributed by atoms with E-state index in [2.05, 4.69) is 55.6 Å². The summed E-state index contributed by atoms with van der Waals surface area (Å²) in [6.45, 7) is 2.49. The number of nitrogens with zero attached hydrogens (tertiary/aromatic N) is 3. The lowest BCUT2D eigenvalue weighted by molar-refractivity contribution is 0.0953. The number of halogens is 1. The van der Waals surface area contributed by atoms with Gasteiger partial charge in [0.25, 0.3) is 5.91 Å². The number of methoxy groups -OCH3 is 1. The van der Waals surface area contributed by atoms with Gasteiger partial charge in [-0.05, 0) is 86.3 Å². The summed E-state index contributed by atoms with van der Waals surface area (Å²) in [7, 11) is 1.64. The van der Waals surface area contributed by atoms with Gasteiger partial charge in [0.15, 0.2) is 5.82 Å². The number of carbonyl (C=O) groups excluding carboxylic acids is 1. The molecule has 0 fully saturated rings. The normalized spacial score (nSPS) is 10.8. The maximum atomic E-state index is 12.8. The van der Waals surface area contributed by atoms with E-state index in [1.165, 1.54) is 5.56 Å². The SMILES string of the molecule is COc1ccc(-c2nc(C)nn2-c2cccc(C(=O)NCCCCc3ccc(Br)cc3)c2)cc1. The van der Waals surface area contributed by atoms with Crippen LogP contribution in [0.4, 0.5) is 0 Å².